The molecule has 2 aliphatic heterocycles. The van der Waals surface area contributed by atoms with Crippen LogP contribution in [0.2, 0.25) is 0 Å². The van der Waals surface area contributed by atoms with Crippen LogP contribution in [-0.2, 0) is 10.0 Å². The Bertz CT molecular complexity index is 981. The first-order chi connectivity index (χ1) is 14.4. The third-order valence-electron chi connectivity index (χ3n) is 6.42. The van der Waals surface area contributed by atoms with Crippen molar-refractivity contribution >= 4 is 26.8 Å². The van der Waals surface area contributed by atoms with E-state index in [1.54, 1.807) is 10.5 Å². The SMILES string of the molecule is CS(=O)(=O)N(CCN1CCCCC1)C1CCCN(C(=O)c2c[nH]c3ccccc23)C1. The average molecular weight is 433 g/mol. The zero-order valence-electron chi connectivity index (χ0n) is 17.7. The van der Waals surface area contributed by atoms with Gasteiger partial charge in [-0.1, -0.05) is 24.6 Å². The van der Waals surface area contributed by atoms with E-state index in [1.165, 1.54) is 25.5 Å². The second kappa shape index (κ2) is 9.08. The molecule has 1 N–H and O–H groups in total. The quantitative estimate of drug-likeness (QED) is 0.761. The molecule has 1 amide bonds. The van der Waals surface area contributed by atoms with Gasteiger partial charge < -0.3 is 14.8 Å². The van der Waals surface area contributed by atoms with Crippen LogP contribution in [0.25, 0.3) is 10.9 Å². The van der Waals surface area contributed by atoms with Gasteiger partial charge in [-0.3, -0.25) is 4.79 Å². The summed E-state index contributed by atoms with van der Waals surface area (Å²) in [6, 6.07) is 7.61. The van der Waals surface area contributed by atoms with E-state index < -0.39 is 10.0 Å². The van der Waals surface area contributed by atoms with Gasteiger partial charge in [-0.2, -0.15) is 4.31 Å². The predicted octanol–water partition coefficient (Wildman–Crippen LogP) is 2.52. The monoisotopic (exact) mass is 432 g/mol. The number of amides is 1. The highest BCUT2D eigenvalue weighted by Gasteiger charge is 2.33. The molecule has 4 rings (SSSR count). The summed E-state index contributed by atoms with van der Waals surface area (Å²) >= 11 is 0. The standard InChI is InChI=1S/C22H32N4O3S/c1-30(28,29)26(15-14-24-11-5-2-6-12-24)18-8-7-13-25(17-18)22(27)20-16-23-21-10-4-3-9-19(20)21/h3-4,9-10,16,18,23H,2,5-8,11-15,17H2,1H3. The summed E-state index contributed by atoms with van der Waals surface area (Å²) in [5, 5.41) is 0.912. The van der Waals surface area contributed by atoms with Crippen molar-refractivity contribution in [2.75, 3.05) is 45.5 Å². The van der Waals surface area contributed by atoms with Gasteiger partial charge in [0.15, 0.2) is 0 Å². The maximum Gasteiger partial charge on any atom is 0.256 e. The molecule has 2 saturated heterocycles. The van der Waals surface area contributed by atoms with E-state index in [0.29, 0.717) is 25.2 Å². The third kappa shape index (κ3) is 4.71. The van der Waals surface area contributed by atoms with E-state index in [-0.39, 0.29) is 11.9 Å². The number of hydrogen-bond acceptors (Lipinski definition) is 4. The molecule has 3 heterocycles. The second-order valence-corrected chi connectivity index (χ2v) is 10.5. The first-order valence-corrected chi connectivity index (χ1v) is 12.8. The van der Waals surface area contributed by atoms with Crippen LogP contribution in [0, 0.1) is 0 Å². The van der Waals surface area contributed by atoms with Gasteiger partial charge in [0.2, 0.25) is 10.0 Å². The second-order valence-electron chi connectivity index (χ2n) is 8.57. The molecule has 2 aliphatic rings. The van der Waals surface area contributed by atoms with Crippen LogP contribution in [0.4, 0.5) is 0 Å². The number of fused-ring (bicyclic) bond motifs is 1. The number of nitrogens with one attached hydrogen (secondary N) is 1. The minimum atomic E-state index is -3.34. The lowest BCUT2D eigenvalue weighted by molar-refractivity contribution is 0.0649. The summed E-state index contributed by atoms with van der Waals surface area (Å²) in [7, 11) is -3.34. The molecule has 1 unspecified atom stereocenters. The van der Waals surface area contributed by atoms with E-state index in [2.05, 4.69) is 9.88 Å². The Hall–Kier alpha value is -1.90. The maximum absolute atomic E-state index is 13.2. The van der Waals surface area contributed by atoms with Crippen molar-refractivity contribution < 1.29 is 13.2 Å². The topological polar surface area (TPSA) is 76.7 Å². The van der Waals surface area contributed by atoms with Crippen molar-refractivity contribution in [2.45, 2.75) is 38.1 Å². The lowest BCUT2D eigenvalue weighted by atomic mass is 10.0. The minimum Gasteiger partial charge on any atom is -0.360 e. The van der Waals surface area contributed by atoms with Crippen molar-refractivity contribution in [2.24, 2.45) is 0 Å². The first-order valence-electron chi connectivity index (χ1n) is 11.0. The van der Waals surface area contributed by atoms with Crippen LogP contribution in [0.15, 0.2) is 30.5 Å². The molecule has 1 aromatic heterocycles. The highest BCUT2D eigenvalue weighted by molar-refractivity contribution is 7.88. The van der Waals surface area contributed by atoms with Gasteiger partial charge >= 0.3 is 0 Å². The Balaban J connectivity index is 1.47. The smallest absolute Gasteiger partial charge is 0.256 e. The number of benzene rings is 1. The van der Waals surface area contributed by atoms with Crippen molar-refractivity contribution in [3.63, 3.8) is 0 Å². The van der Waals surface area contributed by atoms with Crippen LogP contribution in [0.3, 0.4) is 0 Å². The highest BCUT2D eigenvalue weighted by Crippen LogP contribution is 2.24. The Morgan fingerprint density at radius 2 is 1.90 bits per heavy atom. The number of carbonyl (C=O) groups excluding carboxylic acids is 1. The van der Waals surface area contributed by atoms with Crippen LogP contribution in [-0.4, -0.2) is 85.0 Å². The van der Waals surface area contributed by atoms with Gasteiger partial charge in [0.05, 0.1) is 11.8 Å². The number of H-pyrrole nitrogens is 1. The summed E-state index contributed by atoms with van der Waals surface area (Å²) in [6.07, 6.45) is 8.31. The number of hydrogen-bond donors (Lipinski definition) is 1. The predicted molar refractivity (Wildman–Crippen MR) is 119 cm³/mol. The van der Waals surface area contributed by atoms with Crippen molar-refractivity contribution in [3.05, 3.63) is 36.0 Å². The number of rotatable bonds is 6. The number of likely N-dealkylation sites (tertiary alicyclic amines) is 2. The van der Waals surface area contributed by atoms with Gasteiger partial charge in [-0.05, 0) is 44.8 Å². The van der Waals surface area contributed by atoms with E-state index in [1.807, 2.05) is 29.2 Å². The van der Waals surface area contributed by atoms with Gasteiger partial charge in [0.1, 0.15) is 0 Å². The molecule has 7 nitrogen and oxygen atoms in total. The van der Waals surface area contributed by atoms with E-state index in [4.69, 9.17) is 0 Å². The van der Waals surface area contributed by atoms with E-state index in [9.17, 15) is 13.2 Å². The Morgan fingerprint density at radius 3 is 2.67 bits per heavy atom. The number of piperidine rings is 2. The normalized spacial score (nSPS) is 21.4. The van der Waals surface area contributed by atoms with Gasteiger partial charge in [-0.25, -0.2) is 8.42 Å². The van der Waals surface area contributed by atoms with Crippen LogP contribution < -0.4 is 0 Å². The Labute approximate surface area is 179 Å². The highest BCUT2D eigenvalue weighted by atomic mass is 32.2. The first kappa shape index (κ1) is 21.3. The molecule has 0 bridgehead atoms. The molecule has 0 radical (unpaired) electrons. The molecule has 0 aliphatic carbocycles. The molecular formula is C22H32N4O3S. The molecule has 0 saturated carbocycles. The summed E-state index contributed by atoms with van der Waals surface area (Å²) in [6.45, 7) is 4.48. The van der Waals surface area contributed by atoms with Crippen LogP contribution in [0.5, 0.6) is 0 Å². The van der Waals surface area contributed by atoms with E-state index >= 15 is 0 Å². The molecule has 1 aromatic carbocycles. The number of carbonyl (C=O) groups is 1. The molecule has 164 valence electrons. The lowest BCUT2D eigenvalue weighted by Gasteiger charge is -2.39. The number of para-hydroxylation sites is 1. The molecule has 1 atom stereocenters. The fourth-order valence-corrected chi connectivity index (χ4v) is 5.96. The van der Waals surface area contributed by atoms with Gasteiger partial charge in [0, 0.05) is 49.3 Å². The maximum atomic E-state index is 13.2. The average Bonchev–Trinajstić information content (AvgIpc) is 3.17. The summed E-state index contributed by atoms with van der Waals surface area (Å²) in [4.78, 5) is 20.6. The van der Waals surface area contributed by atoms with Crippen LogP contribution >= 0.6 is 0 Å². The van der Waals surface area contributed by atoms with Crippen molar-refractivity contribution in [1.82, 2.24) is 19.1 Å². The van der Waals surface area contributed by atoms with Crippen molar-refractivity contribution in [3.8, 4) is 0 Å². The van der Waals surface area contributed by atoms with E-state index in [0.717, 1.165) is 43.4 Å². The number of aromatic nitrogens is 1. The fraction of sp³-hybridized carbons (Fsp3) is 0.591. The molecular weight excluding hydrogens is 400 g/mol. The zero-order chi connectivity index (χ0) is 21.1. The van der Waals surface area contributed by atoms with Crippen molar-refractivity contribution in [1.29, 1.82) is 0 Å². The number of sulfonamides is 1. The number of nitrogens with zero attached hydrogens (tertiary/aromatic N) is 3. The largest absolute Gasteiger partial charge is 0.360 e. The molecule has 30 heavy (non-hydrogen) atoms. The molecule has 8 heteroatoms. The third-order valence-corrected chi connectivity index (χ3v) is 7.75. The van der Waals surface area contributed by atoms with Gasteiger partial charge in [-0.15, -0.1) is 0 Å². The van der Waals surface area contributed by atoms with Crippen LogP contribution in [0.1, 0.15) is 42.5 Å². The summed E-state index contributed by atoms with van der Waals surface area (Å²) in [5.41, 5.74) is 1.60. The summed E-state index contributed by atoms with van der Waals surface area (Å²) in [5.74, 6) is -0.0263. The Kier molecular flexibility index (Phi) is 6.46. The molecule has 0 spiro atoms. The molecule has 2 aromatic rings. The van der Waals surface area contributed by atoms with Gasteiger partial charge in [0.25, 0.3) is 5.91 Å². The lowest BCUT2D eigenvalue weighted by Crippen LogP contribution is -2.53. The minimum absolute atomic E-state index is 0.0263. The number of aromatic amines is 1. The zero-order valence-corrected chi connectivity index (χ0v) is 18.5. The summed E-state index contributed by atoms with van der Waals surface area (Å²) < 4.78 is 26.8. The molecule has 2 fully saturated rings. The fourth-order valence-electron chi connectivity index (χ4n) is 4.84. The Morgan fingerprint density at radius 1 is 1.13 bits per heavy atom.